The fraction of sp³-hybridized carbons (Fsp3) is 0.471. The van der Waals surface area contributed by atoms with Crippen molar-refractivity contribution in [3.8, 4) is 0 Å². The number of nitrogens with zero attached hydrogens (tertiary/aromatic N) is 2. The van der Waals surface area contributed by atoms with Crippen molar-refractivity contribution in [2.24, 2.45) is 5.92 Å². The van der Waals surface area contributed by atoms with E-state index in [0.717, 1.165) is 12.1 Å². The summed E-state index contributed by atoms with van der Waals surface area (Å²) in [6.45, 7) is 9.27. The van der Waals surface area contributed by atoms with Crippen LogP contribution in [0, 0.1) is 12.8 Å². The van der Waals surface area contributed by atoms with Crippen LogP contribution in [0.5, 0.6) is 0 Å². The van der Waals surface area contributed by atoms with Crippen LogP contribution in [0.15, 0.2) is 23.1 Å². The van der Waals surface area contributed by atoms with Crippen LogP contribution >= 0.6 is 0 Å². The molecule has 0 atom stereocenters. The molecule has 0 spiro atoms. The number of fused-ring (bicyclic) bond motifs is 1. The normalized spacial score (nSPS) is 11.1. The molecule has 118 valence electrons. The molecule has 5 heteroatoms. The summed E-state index contributed by atoms with van der Waals surface area (Å²) in [5.74, 6) is 0.201. The summed E-state index contributed by atoms with van der Waals surface area (Å²) in [6, 6.07) is 3.54. The van der Waals surface area contributed by atoms with Crippen molar-refractivity contribution < 1.29 is 4.79 Å². The molecule has 0 fully saturated rings. The largest absolute Gasteiger partial charge is 0.352 e. The highest BCUT2D eigenvalue weighted by Gasteiger charge is 2.15. The van der Waals surface area contributed by atoms with Crippen LogP contribution in [-0.2, 0) is 6.54 Å². The average Bonchev–Trinajstić information content (AvgIpc) is 2.47. The zero-order chi connectivity index (χ0) is 16.3. The zero-order valence-electron chi connectivity index (χ0n) is 13.6. The van der Waals surface area contributed by atoms with Gasteiger partial charge in [-0.15, -0.1) is 0 Å². The Bertz CT molecular complexity index is 747. The first-order valence-electron chi connectivity index (χ1n) is 7.73. The molecule has 0 saturated carbocycles. The van der Waals surface area contributed by atoms with E-state index in [4.69, 9.17) is 0 Å². The molecule has 0 saturated heterocycles. The highest BCUT2D eigenvalue weighted by molar-refractivity contribution is 5.96. The van der Waals surface area contributed by atoms with Gasteiger partial charge in [0.25, 0.3) is 5.91 Å². The fourth-order valence-corrected chi connectivity index (χ4v) is 2.33. The van der Waals surface area contributed by atoms with E-state index in [1.807, 2.05) is 18.4 Å². The van der Waals surface area contributed by atoms with Gasteiger partial charge >= 0.3 is 0 Å². The number of pyridine rings is 2. The third kappa shape index (κ3) is 3.35. The Hall–Kier alpha value is -2.17. The maximum absolute atomic E-state index is 12.5. The lowest BCUT2D eigenvalue weighted by molar-refractivity contribution is 0.0950. The van der Waals surface area contributed by atoms with Gasteiger partial charge in [0, 0.05) is 25.0 Å². The number of amides is 1. The van der Waals surface area contributed by atoms with Crippen LogP contribution in [0.1, 0.15) is 43.2 Å². The molecule has 0 radical (unpaired) electrons. The van der Waals surface area contributed by atoms with Crippen LogP contribution < -0.4 is 10.7 Å². The first-order valence-corrected chi connectivity index (χ1v) is 7.73. The molecular formula is C17H23N3O2. The van der Waals surface area contributed by atoms with Gasteiger partial charge in [0.2, 0.25) is 5.43 Å². The second kappa shape index (κ2) is 6.73. The molecule has 2 aromatic rings. The van der Waals surface area contributed by atoms with Crippen LogP contribution in [0.2, 0.25) is 0 Å². The predicted octanol–water partition coefficient (Wildman–Crippen LogP) is 2.50. The van der Waals surface area contributed by atoms with Gasteiger partial charge in [-0.2, -0.15) is 0 Å². The van der Waals surface area contributed by atoms with E-state index in [1.165, 1.54) is 0 Å². The summed E-state index contributed by atoms with van der Waals surface area (Å²) in [4.78, 5) is 29.2. The lowest BCUT2D eigenvalue weighted by Gasteiger charge is -2.12. The van der Waals surface area contributed by atoms with Gasteiger partial charge in [0.15, 0.2) is 0 Å². The minimum absolute atomic E-state index is 0.184. The third-order valence-electron chi connectivity index (χ3n) is 3.65. The average molecular weight is 301 g/mol. The maximum atomic E-state index is 12.5. The maximum Gasteiger partial charge on any atom is 0.256 e. The van der Waals surface area contributed by atoms with Gasteiger partial charge in [0.1, 0.15) is 11.2 Å². The SMILES string of the molecule is CCn1cc(C(=O)NCCC(C)C)c(=O)c2ccc(C)nc21. The van der Waals surface area contributed by atoms with Crippen molar-refractivity contribution in [2.75, 3.05) is 6.54 Å². The second-order valence-corrected chi connectivity index (χ2v) is 5.92. The molecule has 0 aromatic carbocycles. The summed E-state index contributed by atoms with van der Waals surface area (Å²) in [5.41, 5.74) is 1.41. The minimum atomic E-state index is -0.310. The van der Waals surface area contributed by atoms with E-state index >= 15 is 0 Å². The monoisotopic (exact) mass is 301 g/mol. The summed E-state index contributed by atoms with van der Waals surface area (Å²) in [7, 11) is 0. The Labute approximate surface area is 130 Å². The molecule has 0 aliphatic carbocycles. The number of carbonyl (C=O) groups excluding carboxylic acids is 1. The highest BCUT2D eigenvalue weighted by Crippen LogP contribution is 2.11. The van der Waals surface area contributed by atoms with Gasteiger partial charge < -0.3 is 9.88 Å². The number of aromatic nitrogens is 2. The summed E-state index contributed by atoms with van der Waals surface area (Å²) < 4.78 is 1.85. The second-order valence-electron chi connectivity index (χ2n) is 5.92. The summed E-state index contributed by atoms with van der Waals surface area (Å²) in [5, 5.41) is 3.32. The molecule has 1 N–H and O–H groups in total. The van der Waals surface area contributed by atoms with Crippen molar-refractivity contribution in [3.63, 3.8) is 0 Å². The van der Waals surface area contributed by atoms with Crippen molar-refractivity contribution >= 4 is 16.9 Å². The molecule has 0 bridgehead atoms. The van der Waals surface area contributed by atoms with Crippen molar-refractivity contribution in [2.45, 2.75) is 40.7 Å². The first kappa shape index (κ1) is 16.2. The molecule has 5 nitrogen and oxygen atoms in total. The van der Waals surface area contributed by atoms with Crippen molar-refractivity contribution in [3.05, 3.63) is 39.8 Å². The molecule has 1 amide bonds. The third-order valence-corrected chi connectivity index (χ3v) is 3.65. The standard InChI is InChI=1S/C17H23N3O2/c1-5-20-10-14(17(22)18-9-8-11(2)3)15(21)13-7-6-12(4)19-16(13)20/h6-7,10-11H,5,8-9H2,1-4H3,(H,18,22). The van der Waals surface area contributed by atoms with Gasteiger partial charge in [-0.1, -0.05) is 13.8 Å². The Morgan fingerprint density at radius 1 is 1.36 bits per heavy atom. The smallest absolute Gasteiger partial charge is 0.256 e. The number of nitrogens with one attached hydrogen (secondary N) is 1. The highest BCUT2D eigenvalue weighted by atomic mass is 16.2. The number of carbonyl (C=O) groups is 1. The Morgan fingerprint density at radius 3 is 2.73 bits per heavy atom. The quantitative estimate of drug-likeness (QED) is 0.923. The zero-order valence-corrected chi connectivity index (χ0v) is 13.6. The minimum Gasteiger partial charge on any atom is -0.352 e. The lowest BCUT2D eigenvalue weighted by atomic mass is 10.1. The van der Waals surface area contributed by atoms with Gasteiger partial charge in [0.05, 0.1) is 5.39 Å². The molecular weight excluding hydrogens is 278 g/mol. The lowest BCUT2D eigenvalue weighted by Crippen LogP contribution is -2.31. The molecule has 0 unspecified atom stereocenters. The van der Waals surface area contributed by atoms with E-state index in [9.17, 15) is 9.59 Å². The summed E-state index contributed by atoms with van der Waals surface area (Å²) >= 11 is 0. The molecule has 0 aliphatic heterocycles. The molecule has 2 aromatic heterocycles. The van der Waals surface area contributed by atoms with Gasteiger partial charge in [-0.05, 0) is 38.3 Å². The van der Waals surface area contributed by atoms with E-state index in [2.05, 4.69) is 24.1 Å². The van der Waals surface area contributed by atoms with Crippen LogP contribution in [0.3, 0.4) is 0 Å². The van der Waals surface area contributed by atoms with Crippen LogP contribution in [-0.4, -0.2) is 22.0 Å². The number of hydrogen-bond acceptors (Lipinski definition) is 3. The topological polar surface area (TPSA) is 64.0 Å². The van der Waals surface area contributed by atoms with Gasteiger partial charge in [-0.3, -0.25) is 9.59 Å². The fourth-order valence-electron chi connectivity index (χ4n) is 2.33. The Kier molecular flexibility index (Phi) is 4.96. The van der Waals surface area contributed by atoms with E-state index in [0.29, 0.717) is 30.0 Å². The van der Waals surface area contributed by atoms with Crippen molar-refractivity contribution in [1.29, 1.82) is 0 Å². The van der Waals surface area contributed by atoms with E-state index in [1.54, 1.807) is 18.3 Å². The van der Waals surface area contributed by atoms with Crippen molar-refractivity contribution in [1.82, 2.24) is 14.9 Å². The van der Waals surface area contributed by atoms with Crippen LogP contribution in [0.25, 0.3) is 11.0 Å². The molecule has 2 heterocycles. The molecule has 2 rings (SSSR count). The Morgan fingerprint density at radius 2 is 2.09 bits per heavy atom. The van der Waals surface area contributed by atoms with Crippen LogP contribution in [0.4, 0.5) is 0 Å². The number of hydrogen-bond donors (Lipinski definition) is 1. The number of rotatable bonds is 5. The predicted molar refractivity (Wildman–Crippen MR) is 88.2 cm³/mol. The molecule has 0 aliphatic rings. The summed E-state index contributed by atoms with van der Waals surface area (Å²) in [6.07, 6.45) is 2.50. The Balaban J connectivity index is 2.42. The van der Waals surface area contributed by atoms with E-state index in [-0.39, 0.29) is 16.9 Å². The van der Waals surface area contributed by atoms with E-state index < -0.39 is 0 Å². The first-order chi connectivity index (χ1) is 10.4. The number of aryl methyl sites for hydroxylation is 2. The van der Waals surface area contributed by atoms with Gasteiger partial charge in [-0.25, -0.2) is 4.98 Å². The molecule has 22 heavy (non-hydrogen) atoms.